The van der Waals surface area contributed by atoms with Crippen LogP contribution in [0.4, 0.5) is 0 Å². The third-order valence-corrected chi connectivity index (χ3v) is 3.32. The van der Waals surface area contributed by atoms with Crippen LogP contribution in [0.2, 0.25) is 0 Å². The molecule has 0 unspecified atom stereocenters. The lowest BCUT2D eigenvalue weighted by Gasteiger charge is -2.26. The minimum absolute atomic E-state index is 0.220. The van der Waals surface area contributed by atoms with Gasteiger partial charge in [-0.2, -0.15) is 4.98 Å². The molecule has 1 aromatic rings. The second-order valence-corrected chi connectivity index (χ2v) is 4.65. The summed E-state index contributed by atoms with van der Waals surface area (Å²) in [5.74, 6) is 0.958. The second kappa shape index (κ2) is 5.95. The fourth-order valence-electron chi connectivity index (χ4n) is 2.40. The number of methoxy groups -OCH3 is 1. The van der Waals surface area contributed by atoms with Gasteiger partial charge >= 0.3 is 5.97 Å². The monoisotopic (exact) mass is 253 g/mol. The lowest BCUT2D eigenvalue weighted by molar-refractivity contribution is -0.142. The third kappa shape index (κ3) is 3.29. The van der Waals surface area contributed by atoms with Crippen LogP contribution in [0.25, 0.3) is 0 Å². The van der Waals surface area contributed by atoms with Crippen molar-refractivity contribution in [2.45, 2.75) is 45.2 Å². The summed E-state index contributed by atoms with van der Waals surface area (Å²) in [6.45, 7) is 2.59. The van der Waals surface area contributed by atoms with E-state index in [2.05, 4.69) is 15.0 Å². The average Bonchev–Trinajstić information content (AvgIpc) is 2.99. The number of hydrogen-bond acceptors (Lipinski definition) is 6. The van der Waals surface area contributed by atoms with Crippen molar-refractivity contribution in [3.05, 3.63) is 11.7 Å². The van der Waals surface area contributed by atoms with Crippen LogP contribution in [0, 0.1) is 6.92 Å². The highest BCUT2D eigenvalue weighted by atomic mass is 16.5. The van der Waals surface area contributed by atoms with Crippen molar-refractivity contribution in [2.24, 2.45) is 0 Å². The Morgan fingerprint density at radius 1 is 1.50 bits per heavy atom. The first kappa shape index (κ1) is 13.0. The summed E-state index contributed by atoms with van der Waals surface area (Å²) < 4.78 is 9.69. The topological polar surface area (TPSA) is 68.5 Å². The van der Waals surface area contributed by atoms with Crippen molar-refractivity contribution in [2.75, 3.05) is 13.7 Å². The minimum atomic E-state index is -0.220. The van der Waals surface area contributed by atoms with E-state index >= 15 is 0 Å². The predicted octanol–water partition coefficient (Wildman–Crippen LogP) is 1.30. The molecule has 0 spiro atoms. The first-order valence-electron chi connectivity index (χ1n) is 6.29. The zero-order valence-corrected chi connectivity index (χ0v) is 10.9. The molecule has 1 saturated carbocycles. The van der Waals surface area contributed by atoms with Gasteiger partial charge in [-0.05, 0) is 12.8 Å². The molecule has 1 heterocycles. The van der Waals surface area contributed by atoms with E-state index in [9.17, 15) is 4.79 Å². The summed E-state index contributed by atoms with van der Waals surface area (Å²) in [7, 11) is 1.41. The molecule has 100 valence electrons. The summed E-state index contributed by atoms with van der Waals surface area (Å²) in [5.41, 5.74) is 0. The molecule has 1 aliphatic rings. The maximum Gasteiger partial charge on any atom is 0.319 e. The molecule has 0 bridgehead atoms. The van der Waals surface area contributed by atoms with E-state index in [-0.39, 0.29) is 12.5 Å². The van der Waals surface area contributed by atoms with E-state index in [1.165, 1.54) is 20.0 Å². The van der Waals surface area contributed by atoms with Gasteiger partial charge in [-0.25, -0.2) is 0 Å². The molecule has 0 aromatic carbocycles. The van der Waals surface area contributed by atoms with Crippen LogP contribution in [0.5, 0.6) is 0 Å². The van der Waals surface area contributed by atoms with Gasteiger partial charge in [0.1, 0.15) is 0 Å². The number of carbonyl (C=O) groups is 1. The van der Waals surface area contributed by atoms with Crippen LogP contribution < -0.4 is 0 Å². The second-order valence-electron chi connectivity index (χ2n) is 4.65. The summed E-state index contributed by atoms with van der Waals surface area (Å²) in [4.78, 5) is 17.7. The van der Waals surface area contributed by atoms with Gasteiger partial charge in [-0.15, -0.1) is 0 Å². The highest BCUT2D eigenvalue weighted by Crippen LogP contribution is 2.24. The fourth-order valence-corrected chi connectivity index (χ4v) is 2.40. The van der Waals surface area contributed by atoms with Gasteiger partial charge in [0.2, 0.25) is 5.89 Å². The number of ether oxygens (including phenoxy) is 1. The van der Waals surface area contributed by atoms with E-state index in [4.69, 9.17) is 9.26 Å². The highest BCUT2D eigenvalue weighted by molar-refractivity contribution is 5.71. The van der Waals surface area contributed by atoms with Gasteiger partial charge in [-0.3, -0.25) is 9.69 Å². The Morgan fingerprint density at radius 2 is 2.22 bits per heavy atom. The van der Waals surface area contributed by atoms with Crippen LogP contribution >= 0.6 is 0 Å². The van der Waals surface area contributed by atoms with Gasteiger partial charge in [0.25, 0.3) is 0 Å². The van der Waals surface area contributed by atoms with Gasteiger partial charge in [0, 0.05) is 13.0 Å². The predicted molar refractivity (Wildman–Crippen MR) is 63.7 cm³/mol. The maximum atomic E-state index is 11.4. The molecule has 0 radical (unpaired) electrons. The molecular formula is C12H19N3O3. The van der Waals surface area contributed by atoms with E-state index < -0.39 is 0 Å². The van der Waals surface area contributed by atoms with Gasteiger partial charge in [0.05, 0.1) is 20.2 Å². The largest absolute Gasteiger partial charge is 0.468 e. The van der Waals surface area contributed by atoms with Crippen LogP contribution in [-0.2, 0) is 16.1 Å². The Kier molecular flexibility index (Phi) is 4.30. The van der Waals surface area contributed by atoms with Crippen molar-refractivity contribution in [1.82, 2.24) is 15.0 Å². The van der Waals surface area contributed by atoms with Gasteiger partial charge in [0.15, 0.2) is 5.82 Å². The number of aryl methyl sites for hydroxylation is 1. The van der Waals surface area contributed by atoms with Crippen LogP contribution in [0.1, 0.15) is 37.4 Å². The van der Waals surface area contributed by atoms with E-state index in [0.717, 1.165) is 12.8 Å². The standard InChI is InChI=1S/C12H19N3O3/c1-9-13-11(14-18-9)7-15(8-12(16)17-2)10-5-3-4-6-10/h10H,3-8H2,1-2H3. The number of esters is 1. The number of hydrogen-bond donors (Lipinski definition) is 0. The first-order chi connectivity index (χ1) is 8.69. The van der Waals surface area contributed by atoms with E-state index in [1.807, 2.05) is 0 Å². The Labute approximate surface area is 106 Å². The Balaban J connectivity index is 2.01. The van der Waals surface area contributed by atoms with E-state index in [0.29, 0.717) is 24.3 Å². The SMILES string of the molecule is COC(=O)CN(Cc1noc(C)n1)C1CCCC1. The molecule has 6 heteroatoms. The summed E-state index contributed by atoms with van der Waals surface area (Å²) in [5, 5.41) is 3.88. The minimum Gasteiger partial charge on any atom is -0.468 e. The van der Waals surface area contributed by atoms with Crippen molar-refractivity contribution in [1.29, 1.82) is 0 Å². The van der Waals surface area contributed by atoms with Gasteiger partial charge in [-0.1, -0.05) is 18.0 Å². The molecule has 0 atom stereocenters. The Hall–Kier alpha value is -1.43. The summed E-state index contributed by atoms with van der Waals surface area (Å²) in [6, 6.07) is 0.419. The number of rotatable bonds is 5. The van der Waals surface area contributed by atoms with Crippen molar-refractivity contribution >= 4 is 5.97 Å². The van der Waals surface area contributed by atoms with Crippen LogP contribution in [0.3, 0.4) is 0 Å². The average molecular weight is 253 g/mol. The lowest BCUT2D eigenvalue weighted by atomic mass is 10.2. The fraction of sp³-hybridized carbons (Fsp3) is 0.750. The Morgan fingerprint density at radius 3 is 2.78 bits per heavy atom. The molecule has 0 N–H and O–H groups in total. The number of carbonyl (C=O) groups excluding carboxylic acids is 1. The number of nitrogens with zero attached hydrogens (tertiary/aromatic N) is 3. The quantitative estimate of drug-likeness (QED) is 0.737. The van der Waals surface area contributed by atoms with Crippen LogP contribution in [-0.4, -0.2) is 40.7 Å². The number of aromatic nitrogens is 2. The Bertz CT molecular complexity index is 399. The molecule has 6 nitrogen and oxygen atoms in total. The smallest absolute Gasteiger partial charge is 0.319 e. The van der Waals surface area contributed by atoms with Gasteiger partial charge < -0.3 is 9.26 Å². The highest BCUT2D eigenvalue weighted by Gasteiger charge is 2.26. The molecule has 2 rings (SSSR count). The molecule has 0 saturated heterocycles. The molecule has 1 aromatic heterocycles. The molecule has 1 aliphatic carbocycles. The third-order valence-electron chi connectivity index (χ3n) is 3.32. The zero-order valence-electron chi connectivity index (χ0n) is 10.9. The molecule has 18 heavy (non-hydrogen) atoms. The summed E-state index contributed by atoms with van der Waals surface area (Å²) >= 11 is 0. The van der Waals surface area contributed by atoms with Crippen LogP contribution in [0.15, 0.2) is 4.52 Å². The molecular weight excluding hydrogens is 234 g/mol. The normalized spacial score (nSPS) is 16.4. The van der Waals surface area contributed by atoms with Crippen molar-refractivity contribution in [3.8, 4) is 0 Å². The lowest BCUT2D eigenvalue weighted by Crippen LogP contribution is -2.37. The maximum absolute atomic E-state index is 11.4. The molecule has 1 fully saturated rings. The molecule has 0 amide bonds. The van der Waals surface area contributed by atoms with Crippen molar-refractivity contribution in [3.63, 3.8) is 0 Å². The first-order valence-corrected chi connectivity index (χ1v) is 6.29. The van der Waals surface area contributed by atoms with Crippen molar-refractivity contribution < 1.29 is 14.1 Å². The van der Waals surface area contributed by atoms with E-state index in [1.54, 1.807) is 6.92 Å². The summed E-state index contributed by atoms with van der Waals surface area (Å²) in [6.07, 6.45) is 4.67. The molecule has 0 aliphatic heterocycles. The zero-order chi connectivity index (χ0) is 13.0.